The third-order valence-corrected chi connectivity index (χ3v) is 9.69. The third-order valence-electron chi connectivity index (χ3n) is 5.52. The Balaban J connectivity index is 1.51. The molecule has 0 bridgehead atoms. The third kappa shape index (κ3) is 4.10. The summed E-state index contributed by atoms with van der Waals surface area (Å²) in [5, 5.41) is 3.35. The van der Waals surface area contributed by atoms with Crippen LogP contribution in [0.5, 0.6) is 0 Å². The van der Waals surface area contributed by atoms with Crippen molar-refractivity contribution in [3.63, 3.8) is 0 Å². The van der Waals surface area contributed by atoms with Crippen molar-refractivity contribution in [2.75, 3.05) is 18.1 Å². The summed E-state index contributed by atoms with van der Waals surface area (Å²) in [6, 6.07) is 13.9. The Morgan fingerprint density at radius 3 is 2.55 bits per heavy atom. The number of aromatic amines is 1. The second-order valence-electron chi connectivity index (χ2n) is 7.64. The van der Waals surface area contributed by atoms with Gasteiger partial charge < -0.3 is 10.3 Å². The molecule has 154 valence electrons. The van der Waals surface area contributed by atoms with Gasteiger partial charge in [0.2, 0.25) is 0 Å². The largest absolute Gasteiger partial charge is 0.361 e. The lowest BCUT2D eigenvalue weighted by molar-refractivity contribution is 0.528. The summed E-state index contributed by atoms with van der Waals surface area (Å²) in [4.78, 5) is 3.39. The van der Waals surface area contributed by atoms with E-state index in [1.54, 1.807) is 24.3 Å². The van der Waals surface area contributed by atoms with Crippen LogP contribution in [0.2, 0.25) is 0 Å². The van der Waals surface area contributed by atoms with Crippen LogP contribution in [0.15, 0.2) is 59.6 Å². The summed E-state index contributed by atoms with van der Waals surface area (Å²) in [6.45, 7) is 2.38. The van der Waals surface area contributed by atoms with Gasteiger partial charge in [-0.2, -0.15) is 0 Å². The molecule has 2 heterocycles. The first kappa shape index (κ1) is 20.1. The van der Waals surface area contributed by atoms with Crippen LogP contribution in [0.3, 0.4) is 0 Å². The van der Waals surface area contributed by atoms with Crippen LogP contribution in [-0.2, 0) is 26.1 Å². The first-order valence-corrected chi connectivity index (χ1v) is 12.9. The van der Waals surface area contributed by atoms with Crippen LogP contribution in [0.1, 0.15) is 11.1 Å². The van der Waals surface area contributed by atoms with Gasteiger partial charge in [-0.25, -0.2) is 16.8 Å². The van der Waals surface area contributed by atoms with Gasteiger partial charge in [0, 0.05) is 23.1 Å². The van der Waals surface area contributed by atoms with E-state index in [9.17, 15) is 16.8 Å². The van der Waals surface area contributed by atoms with Gasteiger partial charge in [-0.05, 0) is 43.7 Å². The summed E-state index contributed by atoms with van der Waals surface area (Å²) in [6.07, 6.45) is 2.62. The maximum Gasteiger partial charge on any atom is 0.183 e. The van der Waals surface area contributed by atoms with E-state index >= 15 is 0 Å². The maximum atomic E-state index is 13.1. The number of H-pyrrole nitrogens is 1. The average Bonchev–Trinajstić information content (AvgIpc) is 3.23. The Morgan fingerprint density at radius 1 is 1.07 bits per heavy atom. The molecular formula is C21H24N2O4S2. The number of hydrogen-bond donors (Lipinski definition) is 2. The highest BCUT2D eigenvalue weighted by Crippen LogP contribution is 2.26. The Hall–Kier alpha value is -2.16. The van der Waals surface area contributed by atoms with Gasteiger partial charge in [0.1, 0.15) is 0 Å². The number of fused-ring (bicyclic) bond motifs is 1. The number of rotatable bonds is 6. The highest BCUT2D eigenvalue weighted by Gasteiger charge is 2.45. The lowest BCUT2D eigenvalue weighted by Crippen LogP contribution is -2.44. The van der Waals surface area contributed by atoms with Gasteiger partial charge in [0.05, 0.1) is 21.7 Å². The molecule has 29 heavy (non-hydrogen) atoms. The van der Waals surface area contributed by atoms with Gasteiger partial charge in [-0.15, -0.1) is 0 Å². The van der Waals surface area contributed by atoms with Gasteiger partial charge in [-0.1, -0.05) is 35.9 Å². The molecule has 6 nitrogen and oxygen atoms in total. The van der Waals surface area contributed by atoms with E-state index in [0.717, 1.165) is 22.0 Å². The molecule has 0 amide bonds. The van der Waals surface area contributed by atoms with Crippen LogP contribution in [0, 0.1) is 6.92 Å². The number of aryl methyl sites for hydroxylation is 1. The number of sulfone groups is 2. The smallest absolute Gasteiger partial charge is 0.183 e. The number of nitrogens with one attached hydrogen (secondary N) is 2. The molecule has 0 spiro atoms. The molecule has 1 aliphatic heterocycles. The summed E-state index contributed by atoms with van der Waals surface area (Å²) >= 11 is 0. The van der Waals surface area contributed by atoms with Gasteiger partial charge in [-0.3, -0.25) is 0 Å². The Bertz CT molecular complexity index is 1230. The number of hydrogen-bond acceptors (Lipinski definition) is 5. The summed E-state index contributed by atoms with van der Waals surface area (Å²) in [5.74, 6) is -0.495. The van der Waals surface area contributed by atoms with Crippen molar-refractivity contribution in [2.45, 2.75) is 29.5 Å². The van der Waals surface area contributed by atoms with E-state index in [4.69, 9.17) is 0 Å². The van der Waals surface area contributed by atoms with E-state index in [-0.39, 0.29) is 16.4 Å². The van der Waals surface area contributed by atoms with E-state index in [1.807, 2.05) is 37.4 Å². The van der Waals surface area contributed by atoms with Crippen LogP contribution >= 0.6 is 0 Å². The van der Waals surface area contributed by atoms with E-state index in [1.165, 1.54) is 0 Å². The van der Waals surface area contributed by atoms with Gasteiger partial charge in [0.15, 0.2) is 19.7 Å². The van der Waals surface area contributed by atoms with Crippen LogP contribution in [0.4, 0.5) is 0 Å². The minimum Gasteiger partial charge on any atom is -0.361 e. The fourth-order valence-corrected chi connectivity index (χ4v) is 8.66. The Kier molecular flexibility index (Phi) is 5.27. The summed E-state index contributed by atoms with van der Waals surface area (Å²) in [5.41, 5.74) is 3.12. The summed E-state index contributed by atoms with van der Waals surface area (Å²) < 4.78 is 50.7. The molecule has 1 saturated heterocycles. The predicted octanol–water partition coefficient (Wildman–Crippen LogP) is 2.25. The maximum absolute atomic E-state index is 13.1. The van der Waals surface area contributed by atoms with E-state index < -0.39 is 31.0 Å². The number of benzene rings is 2. The lowest BCUT2D eigenvalue weighted by Gasteiger charge is -2.20. The van der Waals surface area contributed by atoms with Crippen molar-refractivity contribution in [1.82, 2.24) is 10.3 Å². The monoisotopic (exact) mass is 432 g/mol. The van der Waals surface area contributed by atoms with E-state index in [2.05, 4.69) is 10.3 Å². The number of para-hydroxylation sites is 1. The zero-order valence-electron chi connectivity index (χ0n) is 16.1. The highest BCUT2D eigenvalue weighted by atomic mass is 32.2. The molecule has 0 unspecified atom stereocenters. The minimum absolute atomic E-state index is 0.156. The van der Waals surface area contributed by atoms with Crippen molar-refractivity contribution in [3.8, 4) is 0 Å². The lowest BCUT2D eigenvalue weighted by atomic mass is 10.1. The fraction of sp³-hybridized carbons (Fsp3) is 0.333. The Morgan fingerprint density at radius 2 is 1.79 bits per heavy atom. The molecule has 1 aliphatic rings. The molecule has 2 atom stereocenters. The van der Waals surface area contributed by atoms with Crippen LogP contribution in [0.25, 0.3) is 10.9 Å². The fourth-order valence-electron chi connectivity index (χ4n) is 3.95. The normalized spacial score (nSPS) is 21.6. The molecule has 0 aliphatic carbocycles. The van der Waals surface area contributed by atoms with Gasteiger partial charge in [0.25, 0.3) is 0 Å². The topological polar surface area (TPSA) is 96.1 Å². The molecule has 1 fully saturated rings. The molecule has 3 aromatic rings. The standard InChI is InChI=1S/C21H24N2O4S2/c1-15-6-8-17(9-7-15)29(26,27)21-14-28(24,25)13-20(21)22-11-10-16-12-23-19-5-3-2-4-18(16)19/h2-9,12,20-23H,10-11,13-14H2,1H3/t20-,21-/m1/s1. The van der Waals surface area contributed by atoms with Crippen molar-refractivity contribution in [2.24, 2.45) is 0 Å². The second-order valence-corrected chi connectivity index (χ2v) is 12.0. The predicted molar refractivity (Wildman–Crippen MR) is 115 cm³/mol. The zero-order valence-corrected chi connectivity index (χ0v) is 17.8. The first-order chi connectivity index (χ1) is 13.8. The molecule has 2 N–H and O–H groups in total. The molecular weight excluding hydrogens is 408 g/mol. The zero-order chi connectivity index (χ0) is 20.6. The highest BCUT2D eigenvalue weighted by molar-refractivity contribution is 7.96. The van der Waals surface area contributed by atoms with Crippen molar-refractivity contribution < 1.29 is 16.8 Å². The SMILES string of the molecule is Cc1ccc(S(=O)(=O)[C@@H]2CS(=O)(=O)C[C@H]2NCCc2c[nH]c3ccccc23)cc1. The summed E-state index contributed by atoms with van der Waals surface area (Å²) in [7, 11) is -7.15. The molecule has 0 radical (unpaired) electrons. The van der Waals surface area contributed by atoms with Crippen molar-refractivity contribution in [1.29, 1.82) is 0 Å². The minimum atomic E-state index is -3.74. The van der Waals surface area contributed by atoms with Crippen molar-refractivity contribution >= 4 is 30.6 Å². The molecule has 4 rings (SSSR count). The Labute approximate surface area is 171 Å². The quantitative estimate of drug-likeness (QED) is 0.623. The first-order valence-electron chi connectivity index (χ1n) is 9.56. The van der Waals surface area contributed by atoms with Crippen molar-refractivity contribution in [3.05, 3.63) is 65.9 Å². The molecule has 2 aromatic carbocycles. The van der Waals surface area contributed by atoms with Crippen LogP contribution in [-0.4, -0.2) is 51.2 Å². The number of aromatic nitrogens is 1. The van der Waals surface area contributed by atoms with Gasteiger partial charge >= 0.3 is 0 Å². The van der Waals surface area contributed by atoms with Crippen LogP contribution < -0.4 is 5.32 Å². The second kappa shape index (κ2) is 7.59. The molecule has 8 heteroatoms. The molecule has 1 aromatic heterocycles. The van der Waals surface area contributed by atoms with E-state index in [0.29, 0.717) is 13.0 Å². The average molecular weight is 433 g/mol. The molecule has 0 saturated carbocycles.